The number of benzene rings is 4. The number of piperidine rings is 2. The van der Waals surface area contributed by atoms with Crippen LogP contribution in [-0.4, -0.2) is 142 Å². The van der Waals surface area contributed by atoms with Crippen LogP contribution in [0.1, 0.15) is 55.3 Å². The second-order valence-corrected chi connectivity index (χ2v) is 22.7. The first-order valence-corrected chi connectivity index (χ1v) is 29.2. The van der Waals surface area contributed by atoms with Gasteiger partial charge in [0.05, 0.1) is 33.8 Å². The maximum Gasteiger partial charge on any atom is 0.249 e. The molecule has 6 aromatic heterocycles. The number of aromatic nitrogens is 8. The highest BCUT2D eigenvalue weighted by Crippen LogP contribution is 2.43. The van der Waals surface area contributed by atoms with E-state index in [1.807, 2.05) is 63.9 Å². The Morgan fingerprint density at radius 2 is 1.12 bits per heavy atom. The molecule has 2 unspecified atom stereocenters. The number of aryl methyl sites for hydroxylation is 1. The van der Waals surface area contributed by atoms with Crippen LogP contribution in [0.15, 0.2) is 122 Å². The van der Waals surface area contributed by atoms with E-state index in [2.05, 4.69) is 81.0 Å². The van der Waals surface area contributed by atoms with Crippen LogP contribution < -0.4 is 31.9 Å². The Morgan fingerprint density at radius 1 is 0.547 bits per heavy atom. The standard InChI is InChI=1S/C64H62N16O6/c65-59-51(33-45(71-73-59)41-9-1-3-14-53(41)81)77-28-24-75(25-29-77)23-7-12-40-39(16-17-48-58(40)43-11-6-22-67-61(43)80(48)50-19-21-56(84)70-64(50)86)38-32-44-57-37(8-5-13-47(57)79(62(44)68-35-38)49-18-20-55(83)69-63(49)85)36-76-26-30-78(31-27-76)52-34-46(72-74-60(52)66)42-10-2-4-15-54(42)82/h1-6,8-11,13-17,22,32-35,49-50,81-82H,7,12,18-21,23-31,36H2,(H2,65,73)(H2,66,74)(H,69,83,85)(H,70,84,86). The number of piperazine rings is 2. The summed E-state index contributed by atoms with van der Waals surface area (Å²) in [4.78, 5) is 72.2. The van der Waals surface area contributed by atoms with Crippen LogP contribution in [0.4, 0.5) is 23.0 Å². The zero-order valence-corrected chi connectivity index (χ0v) is 47.1. The van der Waals surface area contributed by atoms with Gasteiger partial charge in [-0.2, -0.15) is 0 Å². The number of nitrogens with two attached hydrogens (primary N) is 2. The predicted octanol–water partition coefficient (Wildman–Crippen LogP) is 6.88. The topological polar surface area (TPSA) is 285 Å². The van der Waals surface area contributed by atoms with E-state index in [0.717, 1.165) is 92.3 Å². The second-order valence-electron chi connectivity index (χ2n) is 22.7. The Kier molecular flexibility index (Phi) is 13.9. The highest BCUT2D eigenvalue weighted by molar-refractivity contribution is 6.14. The average Bonchev–Trinajstić information content (AvgIpc) is 2.00. The first kappa shape index (κ1) is 53.9. The van der Waals surface area contributed by atoms with Gasteiger partial charge in [0.1, 0.15) is 34.9 Å². The van der Waals surface area contributed by atoms with Crippen molar-refractivity contribution >= 4 is 90.5 Å². The van der Waals surface area contributed by atoms with Gasteiger partial charge in [0.25, 0.3) is 0 Å². The minimum Gasteiger partial charge on any atom is -0.507 e. The van der Waals surface area contributed by atoms with E-state index in [9.17, 15) is 29.4 Å². The number of nitrogens with one attached hydrogen (secondary N) is 2. The van der Waals surface area contributed by atoms with Gasteiger partial charge in [-0.3, -0.25) is 39.6 Å². The molecule has 86 heavy (non-hydrogen) atoms. The summed E-state index contributed by atoms with van der Waals surface area (Å²) in [7, 11) is 0. The fraction of sp³-hybridized carbons (Fsp3) is 0.281. The molecule has 0 bridgehead atoms. The number of hydrogen-bond acceptors (Lipinski definition) is 18. The SMILES string of the molecule is Nc1nnc(-c2ccccc2O)cc1N1CCN(CCCc2c(-c3cnc4c(c3)c3c(CN5CCN(c6cc(-c7ccccc7O)nnc6N)CC5)cccc3n4C3CCC(=O)NC3=O)ccc3c2c2cccnc2n3C2CCC(=O)NC2=O)CC1. The van der Waals surface area contributed by atoms with Gasteiger partial charge in [-0.1, -0.05) is 42.5 Å². The summed E-state index contributed by atoms with van der Waals surface area (Å²) < 4.78 is 4.01. The highest BCUT2D eigenvalue weighted by atomic mass is 16.3. The van der Waals surface area contributed by atoms with Crippen molar-refractivity contribution in [3.63, 3.8) is 0 Å². The summed E-state index contributed by atoms with van der Waals surface area (Å²) in [5.74, 6) is -0.439. The predicted molar refractivity (Wildman–Crippen MR) is 328 cm³/mol. The van der Waals surface area contributed by atoms with Crippen molar-refractivity contribution in [2.24, 2.45) is 0 Å². The van der Waals surface area contributed by atoms with Crippen LogP contribution in [0.2, 0.25) is 0 Å². The number of nitrogen functional groups attached to an aromatic ring is 2. The first-order valence-electron chi connectivity index (χ1n) is 29.2. The number of imide groups is 2. The summed E-state index contributed by atoms with van der Waals surface area (Å²) in [6.07, 6.45) is 6.15. The highest BCUT2D eigenvalue weighted by Gasteiger charge is 2.35. The Hall–Kier alpha value is -10.1. The third-order valence-corrected chi connectivity index (χ3v) is 17.6. The molecule has 434 valence electrons. The molecule has 4 saturated heterocycles. The van der Waals surface area contributed by atoms with Crippen LogP contribution in [0.3, 0.4) is 0 Å². The van der Waals surface area contributed by atoms with Gasteiger partial charge >= 0.3 is 0 Å². The molecule has 4 aliphatic heterocycles. The van der Waals surface area contributed by atoms with E-state index in [1.165, 1.54) is 0 Å². The molecule has 0 saturated carbocycles. The lowest BCUT2D eigenvalue weighted by Crippen LogP contribution is -2.47. The van der Waals surface area contributed by atoms with Crippen molar-refractivity contribution in [1.29, 1.82) is 0 Å². The molecule has 22 nitrogen and oxygen atoms in total. The summed E-state index contributed by atoms with van der Waals surface area (Å²) in [5, 5.41) is 47.3. The van der Waals surface area contributed by atoms with Crippen molar-refractivity contribution in [3.05, 3.63) is 133 Å². The molecule has 4 amide bonds. The number of rotatable bonds is 13. The number of fused-ring (bicyclic) bond motifs is 6. The molecule has 4 aliphatic rings. The summed E-state index contributed by atoms with van der Waals surface area (Å²) in [5.41, 5.74) is 23.6. The second kappa shape index (κ2) is 22.2. The number of carbonyl (C=O) groups is 4. The quantitative estimate of drug-likeness (QED) is 0.0641. The average molecular weight is 1150 g/mol. The third-order valence-electron chi connectivity index (χ3n) is 17.6. The monoisotopic (exact) mass is 1150 g/mol. The van der Waals surface area contributed by atoms with Gasteiger partial charge in [-0.25, -0.2) is 9.97 Å². The fourth-order valence-electron chi connectivity index (χ4n) is 13.4. The van der Waals surface area contributed by atoms with Crippen molar-refractivity contribution in [1.82, 2.24) is 59.9 Å². The molecular formula is C64H62N16O6. The van der Waals surface area contributed by atoms with Crippen LogP contribution in [0, 0.1) is 0 Å². The number of pyridine rings is 2. The van der Waals surface area contributed by atoms with E-state index in [0.29, 0.717) is 111 Å². The summed E-state index contributed by atoms with van der Waals surface area (Å²) >= 11 is 0. The Bertz CT molecular complexity index is 4370. The molecule has 2 atom stereocenters. The molecular weight excluding hydrogens is 1090 g/mol. The van der Waals surface area contributed by atoms with Gasteiger partial charge in [-0.15, -0.1) is 20.4 Å². The number of carbonyl (C=O) groups excluding carboxylic acids is 4. The van der Waals surface area contributed by atoms with Gasteiger partial charge in [-0.05, 0) is 116 Å². The fourth-order valence-corrected chi connectivity index (χ4v) is 13.4. The van der Waals surface area contributed by atoms with Gasteiger partial charge in [0, 0.05) is 122 Å². The number of amides is 4. The molecule has 0 spiro atoms. The van der Waals surface area contributed by atoms with Gasteiger partial charge in [0.15, 0.2) is 11.6 Å². The summed E-state index contributed by atoms with van der Waals surface area (Å²) in [6, 6.07) is 33.1. The number of para-hydroxylation sites is 2. The van der Waals surface area contributed by atoms with Crippen LogP contribution in [0.25, 0.3) is 77.5 Å². The smallest absolute Gasteiger partial charge is 0.249 e. The van der Waals surface area contributed by atoms with E-state index >= 15 is 0 Å². The Labute approximate surface area is 493 Å². The minimum atomic E-state index is -0.674. The van der Waals surface area contributed by atoms with Crippen LogP contribution in [-0.2, 0) is 32.1 Å². The minimum absolute atomic E-state index is 0.111. The molecule has 4 fully saturated rings. The Balaban J connectivity index is 0.813. The van der Waals surface area contributed by atoms with E-state index < -0.39 is 12.1 Å². The van der Waals surface area contributed by atoms with Crippen LogP contribution >= 0.6 is 0 Å². The maximum atomic E-state index is 13.9. The normalized spacial score (nSPS) is 18.2. The van der Waals surface area contributed by atoms with Crippen molar-refractivity contribution in [3.8, 4) is 45.1 Å². The molecule has 22 heteroatoms. The molecule has 10 heterocycles. The number of anilines is 4. The molecule has 14 rings (SSSR count). The lowest BCUT2D eigenvalue weighted by Gasteiger charge is -2.36. The van der Waals surface area contributed by atoms with E-state index in [4.69, 9.17) is 21.4 Å². The number of phenols is 2. The number of nitrogens with zero attached hydrogens (tertiary/aromatic N) is 12. The van der Waals surface area contributed by atoms with Gasteiger partial charge < -0.3 is 40.6 Å². The van der Waals surface area contributed by atoms with Crippen molar-refractivity contribution in [2.75, 3.05) is 80.2 Å². The largest absolute Gasteiger partial charge is 0.507 e. The molecule has 8 N–H and O–H groups in total. The first-order chi connectivity index (χ1) is 41.9. The summed E-state index contributed by atoms with van der Waals surface area (Å²) in [6.45, 7) is 7.09. The zero-order valence-electron chi connectivity index (χ0n) is 47.1. The number of hydrogen-bond donors (Lipinski definition) is 6. The molecule has 0 aliphatic carbocycles. The molecule has 10 aromatic rings. The lowest BCUT2D eigenvalue weighted by molar-refractivity contribution is -0.137. The molecule has 0 radical (unpaired) electrons. The third kappa shape index (κ3) is 9.74. The van der Waals surface area contributed by atoms with Crippen molar-refractivity contribution in [2.45, 2.75) is 57.2 Å². The number of aromatic hydroxyl groups is 2. The zero-order chi connectivity index (χ0) is 58.7. The number of phenolic OH excluding ortho intramolecular Hbond substituents is 2. The Morgan fingerprint density at radius 3 is 1.71 bits per heavy atom. The van der Waals surface area contributed by atoms with Gasteiger partial charge in [0.2, 0.25) is 23.6 Å². The van der Waals surface area contributed by atoms with Crippen LogP contribution in [0.5, 0.6) is 11.5 Å². The van der Waals surface area contributed by atoms with E-state index in [-0.39, 0.29) is 48.0 Å². The lowest BCUT2D eigenvalue weighted by atomic mass is 9.92. The molecule has 4 aromatic carbocycles. The van der Waals surface area contributed by atoms with E-state index in [1.54, 1.807) is 36.5 Å². The van der Waals surface area contributed by atoms with Crippen molar-refractivity contribution < 1.29 is 29.4 Å². The maximum absolute atomic E-state index is 13.9.